The summed E-state index contributed by atoms with van der Waals surface area (Å²) in [6, 6.07) is 4.11. The normalized spacial score (nSPS) is 12.2. The van der Waals surface area contributed by atoms with E-state index in [1.807, 2.05) is 0 Å². The van der Waals surface area contributed by atoms with E-state index in [4.69, 9.17) is 5.11 Å². The Balaban J connectivity index is 2.84. The van der Waals surface area contributed by atoms with Crippen molar-refractivity contribution in [1.29, 1.82) is 0 Å². The van der Waals surface area contributed by atoms with Gasteiger partial charge in [0, 0.05) is 16.6 Å². The highest BCUT2D eigenvalue weighted by Gasteiger charge is 2.32. The second kappa shape index (κ2) is 6.65. The van der Waals surface area contributed by atoms with Crippen molar-refractivity contribution in [3.8, 4) is 5.75 Å². The van der Waals surface area contributed by atoms with Gasteiger partial charge in [0.05, 0.1) is 5.69 Å². The van der Waals surface area contributed by atoms with E-state index in [0.29, 0.717) is 4.47 Å². The van der Waals surface area contributed by atoms with Gasteiger partial charge >= 0.3 is 12.3 Å². The Morgan fingerprint density at radius 2 is 2.15 bits per heavy atom. The largest absolute Gasteiger partial charge is 0.573 e. The smallest absolute Gasteiger partial charge is 0.478 e. The zero-order valence-electron chi connectivity index (χ0n) is 10.3. The summed E-state index contributed by atoms with van der Waals surface area (Å²) in [7, 11) is 0. The van der Waals surface area contributed by atoms with Crippen LogP contribution in [0.2, 0.25) is 0 Å². The molecule has 1 aromatic rings. The van der Waals surface area contributed by atoms with Crippen LogP contribution in [-0.2, 0) is 4.79 Å². The molecule has 0 unspecified atom stereocenters. The molecule has 0 saturated carbocycles. The average Bonchev–Trinajstić information content (AvgIpc) is 2.29. The van der Waals surface area contributed by atoms with Crippen molar-refractivity contribution in [2.45, 2.75) is 13.3 Å². The number of hydrogen-bond donors (Lipinski definition) is 2. The molecule has 0 fully saturated rings. The number of anilines is 1. The first-order valence-electron chi connectivity index (χ1n) is 5.38. The fourth-order valence-corrected chi connectivity index (χ4v) is 1.59. The van der Waals surface area contributed by atoms with Crippen molar-refractivity contribution in [2.24, 2.45) is 0 Å². The summed E-state index contributed by atoms with van der Waals surface area (Å²) >= 11 is 3.05. The highest BCUT2D eigenvalue weighted by atomic mass is 79.9. The number of carbonyl (C=O) groups is 1. The van der Waals surface area contributed by atoms with Gasteiger partial charge in [-0.3, -0.25) is 0 Å². The van der Waals surface area contributed by atoms with E-state index in [1.54, 1.807) is 6.07 Å². The standard InChI is InChI=1S/C12H11BrF3NO3/c1-7(11(18)19)4-5-17-9-3-2-8(13)6-10(9)20-12(14,15)16/h2-4,6,17H,5H2,1H3,(H,18,19)/b7-4-. The monoisotopic (exact) mass is 353 g/mol. The second-order valence-electron chi connectivity index (χ2n) is 3.76. The quantitative estimate of drug-likeness (QED) is 0.790. The zero-order valence-corrected chi connectivity index (χ0v) is 11.9. The minimum absolute atomic E-state index is 0.0635. The van der Waals surface area contributed by atoms with Crippen molar-refractivity contribution in [3.05, 3.63) is 34.3 Å². The number of rotatable bonds is 5. The predicted molar refractivity (Wildman–Crippen MR) is 70.7 cm³/mol. The van der Waals surface area contributed by atoms with E-state index >= 15 is 0 Å². The van der Waals surface area contributed by atoms with Crippen LogP contribution in [-0.4, -0.2) is 24.0 Å². The summed E-state index contributed by atoms with van der Waals surface area (Å²) in [5, 5.41) is 11.3. The maximum absolute atomic E-state index is 12.3. The molecule has 0 saturated heterocycles. The SMILES string of the molecule is C/C(=C/CNc1ccc(Br)cc1OC(F)(F)F)C(=O)O. The lowest BCUT2D eigenvalue weighted by Gasteiger charge is -2.14. The predicted octanol–water partition coefficient (Wildman–Crippen LogP) is 3.79. The highest BCUT2D eigenvalue weighted by molar-refractivity contribution is 9.10. The fraction of sp³-hybridized carbons (Fsp3) is 0.250. The lowest BCUT2D eigenvalue weighted by molar-refractivity contribution is -0.274. The summed E-state index contributed by atoms with van der Waals surface area (Å²) < 4.78 is 41.1. The van der Waals surface area contributed by atoms with Crippen molar-refractivity contribution >= 4 is 27.6 Å². The van der Waals surface area contributed by atoms with Gasteiger partial charge in [0.2, 0.25) is 0 Å². The molecular weight excluding hydrogens is 343 g/mol. The van der Waals surface area contributed by atoms with E-state index in [-0.39, 0.29) is 17.8 Å². The minimum Gasteiger partial charge on any atom is -0.478 e. The molecule has 0 atom stereocenters. The van der Waals surface area contributed by atoms with Gasteiger partial charge in [0.25, 0.3) is 0 Å². The zero-order chi connectivity index (χ0) is 15.3. The van der Waals surface area contributed by atoms with Crippen LogP contribution in [0.5, 0.6) is 5.75 Å². The molecule has 0 aliphatic rings. The molecule has 1 rings (SSSR count). The summed E-state index contributed by atoms with van der Waals surface area (Å²) in [4.78, 5) is 10.6. The lowest BCUT2D eigenvalue weighted by atomic mass is 10.2. The molecule has 0 aromatic heterocycles. The molecular formula is C12H11BrF3NO3. The Hall–Kier alpha value is -1.70. The van der Waals surface area contributed by atoms with E-state index < -0.39 is 18.1 Å². The van der Waals surface area contributed by atoms with Crippen LogP contribution in [0.1, 0.15) is 6.92 Å². The Kier molecular flexibility index (Phi) is 5.43. The van der Waals surface area contributed by atoms with Crippen LogP contribution in [0.4, 0.5) is 18.9 Å². The molecule has 110 valence electrons. The van der Waals surface area contributed by atoms with E-state index in [0.717, 1.165) is 0 Å². The number of halogens is 4. The topological polar surface area (TPSA) is 58.6 Å². The van der Waals surface area contributed by atoms with Gasteiger partial charge in [0.15, 0.2) is 5.75 Å². The molecule has 1 aromatic carbocycles. The second-order valence-corrected chi connectivity index (χ2v) is 4.68. The number of nitrogens with one attached hydrogen (secondary N) is 1. The number of hydrogen-bond acceptors (Lipinski definition) is 3. The third-order valence-corrected chi connectivity index (χ3v) is 2.70. The van der Waals surface area contributed by atoms with Gasteiger partial charge in [-0.2, -0.15) is 0 Å². The molecule has 4 nitrogen and oxygen atoms in total. The lowest BCUT2D eigenvalue weighted by Crippen LogP contribution is -2.18. The molecule has 0 spiro atoms. The van der Waals surface area contributed by atoms with Crippen molar-refractivity contribution in [2.75, 3.05) is 11.9 Å². The maximum atomic E-state index is 12.3. The number of aliphatic carboxylic acids is 1. The van der Waals surface area contributed by atoms with E-state index in [9.17, 15) is 18.0 Å². The highest BCUT2D eigenvalue weighted by Crippen LogP contribution is 2.32. The summed E-state index contributed by atoms with van der Waals surface area (Å²) in [5.74, 6) is -1.48. The summed E-state index contributed by atoms with van der Waals surface area (Å²) in [6.45, 7) is 1.45. The van der Waals surface area contributed by atoms with Crippen LogP contribution < -0.4 is 10.1 Å². The first-order valence-corrected chi connectivity index (χ1v) is 6.17. The molecule has 0 amide bonds. The molecule has 0 aliphatic carbocycles. The summed E-state index contributed by atoms with van der Waals surface area (Å²) in [6.07, 6.45) is -3.45. The van der Waals surface area contributed by atoms with Crippen molar-refractivity contribution in [3.63, 3.8) is 0 Å². The minimum atomic E-state index is -4.80. The number of carboxylic acid groups (broad SMARTS) is 1. The van der Waals surface area contributed by atoms with Crippen molar-refractivity contribution < 1.29 is 27.8 Å². The number of alkyl halides is 3. The van der Waals surface area contributed by atoms with Gasteiger partial charge in [0.1, 0.15) is 0 Å². The third-order valence-electron chi connectivity index (χ3n) is 2.21. The molecule has 20 heavy (non-hydrogen) atoms. The summed E-state index contributed by atoms with van der Waals surface area (Å²) in [5.41, 5.74) is 0.202. The van der Waals surface area contributed by atoms with Crippen molar-refractivity contribution in [1.82, 2.24) is 0 Å². The van der Waals surface area contributed by atoms with Crippen LogP contribution in [0.3, 0.4) is 0 Å². The van der Waals surface area contributed by atoms with Crippen LogP contribution in [0, 0.1) is 0 Å². The van der Waals surface area contributed by atoms with E-state index in [2.05, 4.69) is 26.0 Å². The van der Waals surface area contributed by atoms with E-state index in [1.165, 1.54) is 25.1 Å². The number of ether oxygens (including phenoxy) is 1. The Labute approximate surface area is 121 Å². The van der Waals surface area contributed by atoms with Gasteiger partial charge < -0.3 is 15.2 Å². The van der Waals surface area contributed by atoms with Crippen LogP contribution in [0.25, 0.3) is 0 Å². The Morgan fingerprint density at radius 1 is 1.50 bits per heavy atom. The third kappa shape index (κ3) is 5.52. The molecule has 0 heterocycles. The Morgan fingerprint density at radius 3 is 2.70 bits per heavy atom. The molecule has 0 radical (unpaired) electrons. The van der Waals surface area contributed by atoms with Gasteiger partial charge in [-0.1, -0.05) is 22.0 Å². The van der Waals surface area contributed by atoms with Crippen LogP contribution in [0.15, 0.2) is 34.3 Å². The number of benzene rings is 1. The molecule has 8 heteroatoms. The van der Waals surface area contributed by atoms with Crippen LogP contribution >= 0.6 is 15.9 Å². The fourth-order valence-electron chi connectivity index (χ4n) is 1.25. The average molecular weight is 354 g/mol. The molecule has 0 aliphatic heterocycles. The maximum Gasteiger partial charge on any atom is 0.573 e. The number of carboxylic acids is 1. The molecule has 0 bridgehead atoms. The van der Waals surface area contributed by atoms with Gasteiger partial charge in [-0.15, -0.1) is 13.2 Å². The molecule has 2 N–H and O–H groups in total. The Bertz CT molecular complexity index is 529. The van der Waals surface area contributed by atoms with Gasteiger partial charge in [-0.05, 0) is 25.1 Å². The first kappa shape index (κ1) is 16.4. The first-order chi connectivity index (χ1) is 9.19. The van der Waals surface area contributed by atoms with Gasteiger partial charge in [-0.25, -0.2) is 4.79 Å².